The van der Waals surface area contributed by atoms with Gasteiger partial charge in [0, 0.05) is 11.0 Å². The first-order chi connectivity index (χ1) is 10.0. The van der Waals surface area contributed by atoms with Gasteiger partial charge in [-0.2, -0.15) is 0 Å². The molecular formula is C16H15BrFNO2. The van der Waals surface area contributed by atoms with Crippen LogP contribution in [0.25, 0.3) is 0 Å². The van der Waals surface area contributed by atoms with Gasteiger partial charge in [0.2, 0.25) is 0 Å². The summed E-state index contributed by atoms with van der Waals surface area (Å²) in [6.45, 7) is 2.46. The maximum atomic E-state index is 13.8. The molecule has 2 aromatic rings. The second kappa shape index (κ2) is 6.72. The molecule has 0 saturated carbocycles. The Morgan fingerprint density at radius 2 is 2.05 bits per heavy atom. The zero-order valence-electron chi connectivity index (χ0n) is 11.7. The van der Waals surface area contributed by atoms with Gasteiger partial charge < -0.3 is 10.1 Å². The molecule has 0 aliphatic carbocycles. The number of rotatable bonds is 4. The monoisotopic (exact) mass is 351 g/mol. The van der Waals surface area contributed by atoms with Crippen LogP contribution in [0.1, 0.15) is 21.5 Å². The summed E-state index contributed by atoms with van der Waals surface area (Å²) >= 11 is 3.46. The van der Waals surface area contributed by atoms with E-state index in [4.69, 9.17) is 0 Å². The van der Waals surface area contributed by atoms with Crippen LogP contribution in [0.4, 0.5) is 10.1 Å². The van der Waals surface area contributed by atoms with E-state index in [9.17, 15) is 9.18 Å². The molecule has 1 N–H and O–H groups in total. The molecule has 0 heterocycles. The fraction of sp³-hybridized carbons (Fsp3) is 0.188. The molecule has 110 valence electrons. The van der Waals surface area contributed by atoms with E-state index < -0.39 is 11.8 Å². The van der Waals surface area contributed by atoms with Crippen molar-refractivity contribution in [1.82, 2.24) is 0 Å². The van der Waals surface area contributed by atoms with E-state index in [2.05, 4.69) is 26.0 Å². The van der Waals surface area contributed by atoms with E-state index in [1.165, 1.54) is 25.3 Å². The summed E-state index contributed by atoms with van der Waals surface area (Å²) < 4.78 is 19.4. The average Bonchev–Trinajstić information content (AvgIpc) is 2.49. The van der Waals surface area contributed by atoms with E-state index in [1.54, 1.807) is 0 Å². The van der Waals surface area contributed by atoms with Gasteiger partial charge in [-0.15, -0.1) is 0 Å². The number of benzene rings is 2. The van der Waals surface area contributed by atoms with Crippen LogP contribution in [-0.2, 0) is 11.3 Å². The van der Waals surface area contributed by atoms with Crippen molar-refractivity contribution in [1.29, 1.82) is 0 Å². The van der Waals surface area contributed by atoms with Gasteiger partial charge in [0.25, 0.3) is 0 Å². The first kappa shape index (κ1) is 15.5. The third-order valence-corrected chi connectivity index (χ3v) is 3.96. The largest absolute Gasteiger partial charge is 0.465 e. The molecule has 0 spiro atoms. The van der Waals surface area contributed by atoms with Gasteiger partial charge >= 0.3 is 5.97 Å². The molecule has 0 aliphatic rings. The highest BCUT2D eigenvalue weighted by Crippen LogP contribution is 2.20. The maximum Gasteiger partial charge on any atom is 0.337 e. The van der Waals surface area contributed by atoms with Gasteiger partial charge in [-0.1, -0.05) is 28.1 Å². The van der Waals surface area contributed by atoms with Crippen molar-refractivity contribution >= 4 is 27.6 Å². The summed E-state index contributed by atoms with van der Waals surface area (Å²) in [5.41, 5.74) is 2.73. The van der Waals surface area contributed by atoms with Gasteiger partial charge in [0.15, 0.2) is 0 Å². The number of halogens is 2. The summed E-state index contributed by atoms with van der Waals surface area (Å²) in [7, 11) is 1.29. The van der Waals surface area contributed by atoms with Crippen molar-refractivity contribution in [3.05, 3.63) is 63.4 Å². The molecule has 3 nitrogen and oxygen atoms in total. The second-order valence-corrected chi connectivity index (χ2v) is 5.48. The first-order valence-corrected chi connectivity index (χ1v) is 7.17. The Morgan fingerprint density at radius 1 is 1.29 bits per heavy atom. The van der Waals surface area contributed by atoms with Crippen LogP contribution < -0.4 is 5.32 Å². The Balaban J connectivity index is 2.15. The minimum absolute atomic E-state index is 0.273. The van der Waals surface area contributed by atoms with Gasteiger partial charge in [0.1, 0.15) is 5.82 Å². The van der Waals surface area contributed by atoms with Crippen molar-refractivity contribution in [3.8, 4) is 0 Å². The summed E-state index contributed by atoms with van der Waals surface area (Å²) in [5.74, 6) is -0.898. The minimum atomic E-state index is -0.490. The van der Waals surface area contributed by atoms with Crippen molar-refractivity contribution in [2.75, 3.05) is 12.4 Å². The quantitative estimate of drug-likeness (QED) is 0.834. The van der Waals surface area contributed by atoms with E-state index in [1.807, 2.05) is 25.1 Å². The zero-order valence-corrected chi connectivity index (χ0v) is 13.3. The molecule has 2 rings (SSSR count). The predicted molar refractivity (Wildman–Crippen MR) is 83.9 cm³/mol. The number of methoxy groups -OCH3 is 1. The van der Waals surface area contributed by atoms with E-state index >= 15 is 0 Å². The summed E-state index contributed by atoms with van der Waals surface area (Å²) in [6, 6.07) is 10.0. The Hall–Kier alpha value is -1.88. The summed E-state index contributed by atoms with van der Waals surface area (Å²) in [4.78, 5) is 11.5. The topological polar surface area (TPSA) is 38.3 Å². The lowest BCUT2D eigenvalue weighted by atomic mass is 10.1. The van der Waals surface area contributed by atoms with Crippen molar-refractivity contribution in [3.63, 3.8) is 0 Å². The second-order valence-electron chi connectivity index (χ2n) is 4.62. The van der Waals surface area contributed by atoms with Crippen LogP contribution in [-0.4, -0.2) is 13.1 Å². The number of hydrogen-bond donors (Lipinski definition) is 1. The highest BCUT2D eigenvalue weighted by atomic mass is 79.9. The van der Waals surface area contributed by atoms with Crippen LogP contribution in [0.5, 0.6) is 0 Å². The predicted octanol–water partition coefficient (Wildman–Crippen LogP) is 4.30. The molecule has 21 heavy (non-hydrogen) atoms. The Labute approximate surface area is 131 Å². The molecule has 0 aliphatic heterocycles. The number of carbonyl (C=O) groups excluding carboxylic acids is 1. The smallest absolute Gasteiger partial charge is 0.337 e. The van der Waals surface area contributed by atoms with Crippen LogP contribution in [0, 0.1) is 12.7 Å². The van der Waals surface area contributed by atoms with Gasteiger partial charge in [0.05, 0.1) is 18.4 Å². The first-order valence-electron chi connectivity index (χ1n) is 6.38. The fourth-order valence-corrected chi connectivity index (χ4v) is 2.28. The lowest BCUT2D eigenvalue weighted by Gasteiger charge is -2.10. The number of carbonyl (C=O) groups is 1. The third-order valence-electron chi connectivity index (χ3n) is 3.11. The number of hydrogen-bond acceptors (Lipinski definition) is 3. The summed E-state index contributed by atoms with van der Waals surface area (Å²) in [6.07, 6.45) is 0. The van der Waals surface area contributed by atoms with E-state index in [-0.39, 0.29) is 5.69 Å². The number of esters is 1. The number of anilines is 1. The molecular weight excluding hydrogens is 337 g/mol. The van der Waals surface area contributed by atoms with E-state index in [0.717, 1.165) is 15.6 Å². The average molecular weight is 352 g/mol. The zero-order chi connectivity index (χ0) is 15.4. The SMILES string of the molecule is COC(=O)c1ccc(F)c(NCc2ccc(C)c(Br)c2)c1. The molecule has 0 fully saturated rings. The Bertz CT molecular complexity index is 673. The minimum Gasteiger partial charge on any atom is -0.465 e. The van der Waals surface area contributed by atoms with Crippen molar-refractivity contribution in [2.45, 2.75) is 13.5 Å². The lowest BCUT2D eigenvalue weighted by Crippen LogP contribution is -2.06. The molecule has 0 saturated heterocycles. The van der Waals surface area contributed by atoms with Crippen LogP contribution >= 0.6 is 15.9 Å². The standard InChI is InChI=1S/C16H15BrFNO2/c1-10-3-4-11(7-13(10)17)9-19-15-8-12(16(20)21-2)5-6-14(15)18/h3-8,19H,9H2,1-2H3. The fourth-order valence-electron chi connectivity index (χ4n) is 1.85. The van der Waals surface area contributed by atoms with Crippen molar-refractivity contribution in [2.24, 2.45) is 0 Å². The highest BCUT2D eigenvalue weighted by Gasteiger charge is 2.09. The summed E-state index contributed by atoms with van der Waals surface area (Å²) in [5, 5.41) is 2.99. The molecule has 0 radical (unpaired) electrons. The molecule has 0 unspecified atom stereocenters. The van der Waals surface area contributed by atoms with Crippen molar-refractivity contribution < 1.29 is 13.9 Å². The van der Waals surface area contributed by atoms with Gasteiger partial charge in [-0.25, -0.2) is 9.18 Å². The van der Waals surface area contributed by atoms with Crippen LogP contribution in [0.2, 0.25) is 0 Å². The molecule has 0 aromatic heterocycles. The van der Waals surface area contributed by atoms with Gasteiger partial charge in [-0.3, -0.25) is 0 Å². The Kier molecular flexibility index (Phi) is 4.96. The third kappa shape index (κ3) is 3.82. The van der Waals surface area contributed by atoms with Crippen LogP contribution in [0.3, 0.4) is 0 Å². The number of aryl methyl sites for hydroxylation is 1. The molecule has 5 heteroatoms. The van der Waals surface area contributed by atoms with Gasteiger partial charge in [-0.05, 0) is 42.3 Å². The van der Waals surface area contributed by atoms with E-state index in [0.29, 0.717) is 12.1 Å². The molecule has 0 amide bonds. The number of nitrogens with one attached hydrogen (secondary N) is 1. The normalized spacial score (nSPS) is 10.3. The maximum absolute atomic E-state index is 13.8. The van der Waals surface area contributed by atoms with Crippen LogP contribution in [0.15, 0.2) is 40.9 Å². The lowest BCUT2D eigenvalue weighted by molar-refractivity contribution is 0.0600. The molecule has 2 aromatic carbocycles. The molecule has 0 atom stereocenters. The Morgan fingerprint density at radius 3 is 2.71 bits per heavy atom. The number of ether oxygens (including phenoxy) is 1. The highest BCUT2D eigenvalue weighted by molar-refractivity contribution is 9.10. The molecule has 0 bridgehead atoms.